The maximum atomic E-state index is 11.6. The number of alkyl carbamates (subject to hydrolysis) is 1. The summed E-state index contributed by atoms with van der Waals surface area (Å²) >= 11 is 0. The molecular weight excluding hydrogens is 248 g/mol. The normalized spacial score (nSPS) is 17.9. The molecule has 1 fully saturated rings. The van der Waals surface area contributed by atoms with Crippen molar-refractivity contribution < 1.29 is 19.2 Å². The predicted octanol–water partition coefficient (Wildman–Crippen LogP) is 1.84. The summed E-state index contributed by atoms with van der Waals surface area (Å²) in [5, 5.41) is 4.49. The molecule has 1 N–H and O–H groups in total. The Morgan fingerprint density at radius 2 is 1.84 bits per heavy atom. The first-order chi connectivity index (χ1) is 8.80. The van der Waals surface area contributed by atoms with E-state index in [0.717, 1.165) is 12.8 Å². The first-order valence-corrected chi connectivity index (χ1v) is 6.75. The number of rotatable bonds is 3. The number of nitrogens with zero attached hydrogens (tertiary/aromatic N) is 1. The molecule has 0 aliphatic carbocycles. The number of ether oxygens (including phenoxy) is 1. The first kappa shape index (κ1) is 15.8. The van der Waals surface area contributed by atoms with E-state index in [1.54, 1.807) is 12.0 Å². The molecule has 6 nitrogen and oxygen atoms in total. The van der Waals surface area contributed by atoms with E-state index in [1.807, 2.05) is 20.8 Å². The summed E-state index contributed by atoms with van der Waals surface area (Å²) in [6, 6.07) is 0.0754. The highest BCUT2D eigenvalue weighted by molar-refractivity contribution is 5.68. The Labute approximate surface area is 114 Å². The fourth-order valence-electron chi connectivity index (χ4n) is 1.77. The van der Waals surface area contributed by atoms with Gasteiger partial charge in [0, 0.05) is 25.6 Å². The summed E-state index contributed by atoms with van der Waals surface area (Å²) in [4.78, 5) is 27.9. The van der Waals surface area contributed by atoms with Gasteiger partial charge in [0.05, 0.1) is 0 Å². The van der Waals surface area contributed by atoms with Crippen molar-refractivity contribution in [3.63, 3.8) is 0 Å². The summed E-state index contributed by atoms with van der Waals surface area (Å²) in [5.41, 5.74) is -0.485. The molecule has 0 aromatic rings. The van der Waals surface area contributed by atoms with Gasteiger partial charge in [-0.1, -0.05) is 6.92 Å². The highest BCUT2D eigenvalue weighted by atomic mass is 16.7. The molecule has 19 heavy (non-hydrogen) atoms. The Balaban J connectivity index is 2.26. The van der Waals surface area contributed by atoms with Gasteiger partial charge in [0.25, 0.3) is 0 Å². The predicted molar refractivity (Wildman–Crippen MR) is 70.3 cm³/mol. The minimum atomic E-state index is -0.485. The van der Waals surface area contributed by atoms with Crippen LogP contribution in [0.2, 0.25) is 0 Å². The minimum absolute atomic E-state index is 0.0754. The van der Waals surface area contributed by atoms with E-state index in [0.29, 0.717) is 19.5 Å². The molecule has 0 saturated carbocycles. The number of hydroxylamine groups is 2. The summed E-state index contributed by atoms with van der Waals surface area (Å²) in [7, 11) is 0. The van der Waals surface area contributed by atoms with Crippen molar-refractivity contribution in [1.82, 2.24) is 10.4 Å². The van der Waals surface area contributed by atoms with Gasteiger partial charge in [-0.15, -0.1) is 5.06 Å². The number of carbonyl (C=O) groups excluding carboxylic acids is 2. The molecule has 1 rings (SSSR count). The molecule has 110 valence electrons. The van der Waals surface area contributed by atoms with Crippen molar-refractivity contribution in [1.29, 1.82) is 0 Å². The van der Waals surface area contributed by atoms with Crippen LogP contribution in [0.25, 0.3) is 0 Å². The van der Waals surface area contributed by atoms with Crippen LogP contribution in [0.5, 0.6) is 0 Å². The van der Waals surface area contributed by atoms with Gasteiger partial charge in [0.15, 0.2) is 0 Å². The van der Waals surface area contributed by atoms with Crippen molar-refractivity contribution in [2.45, 2.75) is 58.6 Å². The zero-order valence-electron chi connectivity index (χ0n) is 12.2. The third kappa shape index (κ3) is 6.42. The van der Waals surface area contributed by atoms with E-state index in [2.05, 4.69) is 5.32 Å². The van der Waals surface area contributed by atoms with E-state index in [4.69, 9.17) is 9.57 Å². The van der Waals surface area contributed by atoms with Gasteiger partial charge in [-0.05, 0) is 33.6 Å². The van der Waals surface area contributed by atoms with Gasteiger partial charge in [-0.3, -0.25) is 4.79 Å². The smallest absolute Gasteiger partial charge is 0.407 e. The van der Waals surface area contributed by atoms with Crippen LogP contribution in [0.3, 0.4) is 0 Å². The minimum Gasteiger partial charge on any atom is -0.444 e. The van der Waals surface area contributed by atoms with Crippen molar-refractivity contribution >= 4 is 12.1 Å². The zero-order chi connectivity index (χ0) is 14.5. The van der Waals surface area contributed by atoms with E-state index >= 15 is 0 Å². The Hall–Kier alpha value is -1.30. The number of hydrogen-bond acceptors (Lipinski definition) is 5. The molecular formula is C13H24N2O4. The fourth-order valence-corrected chi connectivity index (χ4v) is 1.77. The maximum Gasteiger partial charge on any atom is 0.407 e. The molecule has 1 aliphatic heterocycles. The van der Waals surface area contributed by atoms with Crippen LogP contribution in [0, 0.1) is 0 Å². The van der Waals surface area contributed by atoms with Gasteiger partial charge in [0.2, 0.25) is 0 Å². The van der Waals surface area contributed by atoms with Crippen LogP contribution >= 0.6 is 0 Å². The Bertz CT molecular complexity index is 317. The highest BCUT2D eigenvalue weighted by Crippen LogP contribution is 2.13. The molecule has 0 atom stereocenters. The highest BCUT2D eigenvalue weighted by Gasteiger charge is 2.24. The lowest BCUT2D eigenvalue weighted by molar-refractivity contribution is -0.195. The largest absolute Gasteiger partial charge is 0.444 e. The number of piperidine rings is 1. The molecule has 1 amide bonds. The topological polar surface area (TPSA) is 67.9 Å². The monoisotopic (exact) mass is 272 g/mol. The van der Waals surface area contributed by atoms with Gasteiger partial charge in [-0.25, -0.2) is 4.79 Å². The fraction of sp³-hybridized carbons (Fsp3) is 0.846. The molecule has 1 saturated heterocycles. The third-order valence-corrected chi connectivity index (χ3v) is 2.69. The van der Waals surface area contributed by atoms with E-state index in [1.165, 1.54) is 0 Å². The lowest BCUT2D eigenvalue weighted by Gasteiger charge is -2.31. The molecule has 0 aromatic carbocycles. The number of hydrogen-bond donors (Lipinski definition) is 1. The van der Waals surface area contributed by atoms with E-state index in [9.17, 15) is 9.59 Å². The Morgan fingerprint density at radius 3 is 2.32 bits per heavy atom. The SMILES string of the molecule is CCC(=O)ON1CCC(NC(=O)OC(C)(C)C)CC1. The number of amides is 1. The van der Waals surface area contributed by atoms with Crippen molar-refractivity contribution in [3.05, 3.63) is 0 Å². The van der Waals surface area contributed by atoms with E-state index < -0.39 is 11.7 Å². The Kier molecular flexibility index (Phi) is 5.60. The molecule has 0 unspecified atom stereocenters. The molecule has 0 spiro atoms. The lowest BCUT2D eigenvalue weighted by Crippen LogP contribution is -2.46. The van der Waals surface area contributed by atoms with Gasteiger partial charge in [-0.2, -0.15) is 0 Å². The van der Waals surface area contributed by atoms with Crippen LogP contribution in [0.15, 0.2) is 0 Å². The van der Waals surface area contributed by atoms with Crippen LogP contribution in [0.4, 0.5) is 4.79 Å². The van der Waals surface area contributed by atoms with Crippen molar-refractivity contribution in [2.75, 3.05) is 13.1 Å². The molecule has 6 heteroatoms. The lowest BCUT2D eigenvalue weighted by atomic mass is 10.1. The quantitative estimate of drug-likeness (QED) is 0.849. The standard InChI is InChI=1S/C13H24N2O4/c1-5-11(16)19-15-8-6-10(7-9-15)14-12(17)18-13(2,3)4/h10H,5-9H2,1-4H3,(H,14,17). The second-order valence-corrected chi connectivity index (χ2v) is 5.67. The van der Waals surface area contributed by atoms with Crippen molar-refractivity contribution in [2.24, 2.45) is 0 Å². The summed E-state index contributed by atoms with van der Waals surface area (Å²) in [5.74, 6) is -0.224. The molecule has 1 heterocycles. The maximum absolute atomic E-state index is 11.6. The summed E-state index contributed by atoms with van der Waals surface area (Å²) in [6.45, 7) is 8.52. The van der Waals surface area contributed by atoms with Crippen LogP contribution in [-0.4, -0.2) is 41.9 Å². The third-order valence-electron chi connectivity index (χ3n) is 2.69. The van der Waals surface area contributed by atoms with Gasteiger partial charge >= 0.3 is 12.1 Å². The Morgan fingerprint density at radius 1 is 1.26 bits per heavy atom. The van der Waals surface area contributed by atoms with Crippen LogP contribution in [-0.2, 0) is 14.4 Å². The first-order valence-electron chi connectivity index (χ1n) is 6.75. The van der Waals surface area contributed by atoms with Gasteiger partial charge in [0.1, 0.15) is 5.60 Å². The summed E-state index contributed by atoms with van der Waals surface area (Å²) < 4.78 is 5.20. The second kappa shape index (κ2) is 6.75. The number of carbonyl (C=O) groups is 2. The molecule has 0 bridgehead atoms. The second-order valence-electron chi connectivity index (χ2n) is 5.67. The number of nitrogens with one attached hydrogen (secondary N) is 1. The average Bonchev–Trinajstić information content (AvgIpc) is 2.29. The van der Waals surface area contributed by atoms with E-state index in [-0.39, 0.29) is 12.0 Å². The van der Waals surface area contributed by atoms with Crippen LogP contribution in [0.1, 0.15) is 47.0 Å². The summed E-state index contributed by atoms with van der Waals surface area (Å²) in [6.07, 6.45) is 1.47. The molecule has 0 aromatic heterocycles. The van der Waals surface area contributed by atoms with Crippen molar-refractivity contribution in [3.8, 4) is 0 Å². The average molecular weight is 272 g/mol. The molecule has 0 radical (unpaired) electrons. The molecule has 1 aliphatic rings. The zero-order valence-corrected chi connectivity index (χ0v) is 12.2. The van der Waals surface area contributed by atoms with Gasteiger partial charge < -0.3 is 14.9 Å². The van der Waals surface area contributed by atoms with Crippen LogP contribution < -0.4 is 5.32 Å².